The number of aliphatic hydroxyl groups excluding tert-OH is 4. The SMILES string of the molecule is CC[C@@]1(O)C(=O)OCc2c1cc1n(c2=O)Cc2c-1nc1cc(F)c(C)c3c1c2[C@@H](NC(=O)COCNC(=O)CNC(=O)[C@H](Cc1ccccc1)NC(=O)CNC(=O)CNC(=O)CCOCCOCCOCCOCc1cn(CC(=O)NCC2O[C@H](OP(=O)(O)OP(=O)(O)OC[C@@H]4C[C@H](O)[C@H](n5cnc6c(=O)[nH]c(N)nc65)O4)C(O)[C@@H](O)[C@@H]2O)nn1)CC3. The smallest absolute Gasteiger partial charge is 0.458 e. The molecule has 0 saturated carbocycles. The third-order valence-electron chi connectivity index (χ3n) is 20.2. The predicted molar refractivity (Wildman–Crippen MR) is 410 cm³/mol. The number of aromatic amines is 1. The molecule has 17 N–H and O–H groups in total. The number of nitrogens with zero attached hydrogens (tertiary/aromatic N) is 8. The maximum atomic E-state index is 15.5. The Kier molecular flexibility index (Phi) is 30.0. The summed E-state index contributed by atoms with van der Waals surface area (Å²) in [5.74, 6) is -6.41. The van der Waals surface area contributed by atoms with Gasteiger partial charge in [-0.05, 0) is 54.5 Å². The van der Waals surface area contributed by atoms with E-state index in [2.05, 4.69) is 66.8 Å². The largest absolute Gasteiger partial charge is 0.483 e. The summed E-state index contributed by atoms with van der Waals surface area (Å²) in [5.41, 5.74) is 6.67. The van der Waals surface area contributed by atoms with Crippen molar-refractivity contribution in [3.05, 3.63) is 126 Å². The molecule has 2 fully saturated rings. The van der Waals surface area contributed by atoms with Crippen molar-refractivity contribution >= 4 is 91.0 Å². The number of phosphoric ester groups is 2. The standard InChI is InChI=1S/C72H90FN17O30P2/c1-3-72(105)43-21-48-59-41(28-89(48)67(103)42(43)32-115-70(72)104)58-45(10-9-40-36(2)44(73)22-46(83-59)57(40)58)81-56(97)33-114-35-80-53(94)25-78-65(101)47(19-37-7-5-4-6-8-37)82-54(95)26-77-52(93)24-76-51(92)11-12-110-13-14-111-15-16-112-17-18-113-30-38-27-88(87-86-38)29-55(96)75-23-50-61(98)62(99)63(100)69(118-50)119-122(108,109)120-121(106,107)116-31-39-20-49(91)68(117-39)90-34-79-60-64(90)84-71(74)85-66(60)102/h4-8,21-22,27,34,39,45,47,49-50,61-63,68-69,91,98-100,105H,3,9-20,23-26,28-33,35H2,1-2H3,(H,75,96)(H,76,92)(H,77,93)(H,78,101)(H,80,94)(H,81,97)(H,82,95)(H,106,107)(H,108,109)(H3,74,84,85,102)/t39-,45-,47-,49-,50?,61+,62-,63?,68+,69+,72-/m0/s1. The molecule has 0 radical (unpaired) electrons. The number of aryl methyl sites for hydroxylation is 1. The van der Waals surface area contributed by atoms with Gasteiger partial charge in [-0.1, -0.05) is 42.5 Å². The number of carbonyl (C=O) groups is 8. The first kappa shape index (κ1) is 90.8. The number of amides is 7. The summed E-state index contributed by atoms with van der Waals surface area (Å²) >= 11 is 0. The summed E-state index contributed by atoms with van der Waals surface area (Å²) in [7, 11) is -11.3. The van der Waals surface area contributed by atoms with E-state index < -0.39 is 199 Å². The van der Waals surface area contributed by atoms with Crippen LogP contribution in [0.4, 0.5) is 10.3 Å². The first-order valence-corrected chi connectivity index (χ1v) is 41.3. The van der Waals surface area contributed by atoms with Crippen molar-refractivity contribution in [2.24, 2.45) is 0 Å². The van der Waals surface area contributed by atoms with Gasteiger partial charge in [-0.25, -0.2) is 33.0 Å². The summed E-state index contributed by atoms with van der Waals surface area (Å²) < 4.78 is 103. The fraction of sp³-hybridized carbons (Fsp3) is 0.514. The minimum absolute atomic E-state index is 0.00779. The number of cyclic esters (lactones) is 1. The van der Waals surface area contributed by atoms with E-state index in [4.69, 9.17) is 57.7 Å². The highest BCUT2D eigenvalue weighted by molar-refractivity contribution is 7.61. The number of hydrogen-bond donors (Lipinski definition) is 16. The average Bonchev–Trinajstić information content (AvgIpc) is 1.55. The lowest BCUT2D eigenvalue weighted by Gasteiger charge is -2.40. The molecule has 2 aromatic carbocycles. The van der Waals surface area contributed by atoms with Gasteiger partial charge in [-0.15, -0.1) is 5.10 Å². The van der Waals surface area contributed by atoms with Crippen LogP contribution >= 0.6 is 15.6 Å². The summed E-state index contributed by atoms with van der Waals surface area (Å²) in [6.07, 6.45) is -11.0. The van der Waals surface area contributed by atoms with E-state index in [-0.39, 0.29) is 125 Å². The Hall–Kier alpha value is -10.4. The van der Waals surface area contributed by atoms with Crippen LogP contribution in [0.2, 0.25) is 0 Å². The summed E-state index contributed by atoms with van der Waals surface area (Å²) in [6.45, 7) is -0.624. The van der Waals surface area contributed by atoms with Gasteiger partial charge in [-0.2, -0.15) is 9.29 Å². The molecule has 122 heavy (non-hydrogen) atoms. The minimum Gasteiger partial charge on any atom is -0.458 e. The van der Waals surface area contributed by atoms with Gasteiger partial charge in [0.05, 0.1) is 133 Å². The number of fused-ring (bicyclic) bond motifs is 6. The number of pyridine rings is 2. The molecule has 4 aliphatic heterocycles. The molecule has 12 rings (SSSR count). The van der Waals surface area contributed by atoms with Crippen molar-refractivity contribution in [1.82, 2.24) is 81.3 Å². The number of phosphoric acid groups is 2. The number of nitrogens with one attached hydrogen (secondary N) is 8. The highest BCUT2D eigenvalue weighted by Crippen LogP contribution is 2.62. The number of halogens is 1. The lowest BCUT2D eigenvalue weighted by atomic mass is 9.81. The Bertz CT molecular complexity index is 5280. The van der Waals surface area contributed by atoms with Crippen LogP contribution in [0.25, 0.3) is 33.5 Å². The van der Waals surface area contributed by atoms with E-state index in [1.54, 1.807) is 50.2 Å². The number of benzene rings is 2. The summed E-state index contributed by atoms with van der Waals surface area (Å²) in [6, 6.07) is 9.60. The number of nitrogen functional groups attached to an aromatic ring is 1. The number of anilines is 1. The van der Waals surface area contributed by atoms with Crippen molar-refractivity contribution in [2.45, 2.75) is 146 Å². The van der Waals surface area contributed by atoms with Gasteiger partial charge in [0.25, 0.3) is 11.1 Å². The van der Waals surface area contributed by atoms with Crippen molar-refractivity contribution in [2.75, 3.05) is 98.1 Å². The molecule has 5 aromatic heterocycles. The van der Waals surface area contributed by atoms with Crippen LogP contribution in [0.15, 0.2) is 64.6 Å². The minimum atomic E-state index is -5.74. The molecule has 13 atom stereocenters. The zero-order chi connectivity index (χ0) is 87.3. The molecule has 2 saturated heterocycles. The van der Waals surface area contributed by atoms with Crippen LogP contribution in [-0.2, 0) is 143 Å². The second-order valence-electron chi connectivity index (χ2n) is 28.7. The Morgan fingerprint density at radius 1 is 0.795 bits per heavy atom. The maximum absolute atomic E-state index is 15.5. The molecule has 660 valence electrons. The predicted octanol–water partition coefficient (Wildman–Crippen LogP) is -4.42. The van der Waals surface area contributed by atoms with Gasteiger partial charge in [0.2, 0.25) is 47.3 Å². The zero-order valence-electron chi connectivity index (χ0n) is 65.4. The molecule has 7 amide bonds. The summed E-state index contributed by atoms with van der Waals surface area (Å²) in [4.78, 5) is 166. The van der Waals surface area contributed by atoms with E-state index >= 15 is 4.39 Å². The Balaban J connectivity index is 0.473. The van der Waals surface area contributed by atoms with Crippen molar-refractivity contribution in [1.29, 1.82) is 0 Å². The molecule has 47 nitrogen and oxygen atoms in total. The van der Waals surface area contributed by atoms with Crippen LogP contribution in [0.5, 0.6) is 0 Å². The number of ether oxygens (including phenoxy) is 8. The highest BCUT2D eigenvalue weighted by Gasteiger charge is 2.50. The van der Waals surface area contributed by atoms with Crippen LogP contribution in [0.3, 0.4) is 0 Å². The van der Waals surface area contributed by atoms with Crippen LogP contribution in [0, 0.1) is 12.7 Å². The molecule has 7 aromatic rings. The molecule has 1 aliphatic carbocycles. The van der Waals surface area contributed by atoms with Gasteiger partial charge in [0, 0.05) is 48.4 Å². The average molecular weight is 1750 g/mol. The van der Waals surface area contributed by atoms with Gasteiger partial charge in [0.15, 0.2) is 29.3 Å². The first-order chi connectivity index (χ1) is 58.3. The maximum Gasteiger partial charge on any atom is 0.483 e. The molecule has 50 heteroatoms. The highest BCUT2D eigenvalue weighted by atomic mass is 31.3. The second-order valence-corrected chi connectivity index (χ2v) is 31.7. The van der Waals surface area contributed by atoms with Gasteiger partial charge in [-0.3, -0.25) is 61.7 Å². The number of nitrogens with two attached hydrogens (primary N) is 1. The van der Waals surface area contributed by atoms with Gasteiger partial charge >= 0.3 is 21.6 Å². The summed E-state index contributed by atoms with van der Waals surface area (Å²) in [5, 5.41) is 79.7. The molecule has 0 spiro atoms. The number of aliphatic hydroxyl groups is 5. The Morgan fingerprint density at radius 2 is 1.50 bits per heavy atom. The number of hydrogen-bond acceptors (Lipinski definition) is 34. The number of carbonyl (C=O) groups excluding carboxylic acids is 8. The lowest BCUT2D eigenvalue weighted by Crippen LogP contribution is -2.60. The van der Waals surface area contributed by atoms with Crippen molar-refractivity contribution in [3.63, 3.8) is 0 Å². The number of H-pyrrole nitrogens is 1. The first-order valence-electron chi connectivity index (χ1n) is 38.3. The molecule has 0 bridgehead atoms. The lowest BCUT2D eigenvalue weighted by molar-refractivity contribution is -0.273. The molecular formula is C72H90FN17O30P2. The van der Waals surface area contributed by atoms with E-state index in [1.165, 1.54) is 21.4 Å². The van der Waals surface area contributed by atoms with E-state index in [1.807, 2.05) is 0 Å². The molecule has 9 heterocycles. The van der Waals surface area contributed by atoms with Crippen LogP contribution in [-0.4, -0.2) is 268 Å². The normalized spacial score (nSPS) is 22.0. The van der Waals surface area contributed by atoms with E-state index in [0.717, 1.165) is 11.0 Å². The third kappa shape index (κ3) is 22.3. The molecule has 5 aliphatic rings. The quantitative estimate of drug-likeness (QED) is 0.00743. The number of imidazole rings is 1. The van der Waals surface area contributed by atoms with Gasteiger partial charge < -0.3 is 121 Å². The van der Waals surface area contributed by atoms with Crippen molar-refractivity contribution < 1.29 is 138 Å². The number of rotatable bonds is 42. The van der Waals surface area contributed by atoms with E-state index in [9.17, 15) is 92.4 Å². The monoisotopic (exact) mass is 1750 g/mol. The Morgan fingerprint density at radius 3 is 2.25 bits per heavy atom. The van der Waals surface area contributed by atoms with E-state index in [0.29, 0.717) is 63.1 Å². The topological polar surface area (TPSA) is 653 Å². The second kappa shape index (κ2) is 40.3. The van der Waals surface area contributed by atoms with Crippen LogP contribution in [0.1, 0.15) is 89.5 Å². The van der Waals surface area contributed by atoms with Gasteiger partial charge in [0.1, 0.15) is 74.6 Å². The zero-order valence-corrected chi connectivity index (χ0v) is 67.2. The number of aromatic nitrogens is 9. The fourth-order valence-corrected chi connectivity index (χ4v) is 16.3. The number of esters is 1. The van der Waals surface area contributed by atoms with Crippen molar-refractivity contribution in [3.8, 4) is 11.4 Å². The third-order valence-corrected chi connectivity index (χ3v) is 22.8. The molecule has 4 unspecified atom stereocenters. The fourth-order valence-electron chi connectivity index (χ4n) is 14.1. The molecular weight excluding hydrogens is 1660 g/mol. The Labute approximate surface area is 689 Å². The van der Waals surface area contributed by atoms with Crippen LogP contribution < -0.4 is 54.1 Å².